The van der Waals surface area contributed by atoms with Crippen LogP contribution in [0.3, 0.4) is 0 Å². The standard InChI is InChI=1S/C15H18F3N3O/c1-4-5-11-13(14(22)19-9(2)3)21-8-10(15(16,17)18)6-7-12(21)20-11/h6-9H,4-5H2,1-3H3,(H,19,22). The molecule has 0 aliphatic heterocycles. The molecule has 2 heterocycles. The first-order valence-electron chi connectivity index (χ1n) is 7.13. The number of aromatic nitrogens is 2. The predicted octanol–water partition coefficient (Wildman–Crippen LogP) is 3.44. The Hall–Kier alpha value is -2.05. The van der Waals surface area contributed by atoms with Crippen LogP contribution >= 0.6 is 0 Å². The molecule has 7 heteroatoms. The van der Waals surface area contributed by atoms with E-state index in [2.05, 4.69) is 10.3 Å². The van der Waals surface area contributed by atoms with E-state index in [9.17, 15) is 18.0 Å². The maximum atomic E-state index is 12.9. The number of hydrogen-bond acceptors (Lipinski definition) is 2. The van der Waals surface area contributed by atoms with Gasteiger partial charge in [-0.2, -0.15) is 13.2 Å². The van der Waals surface area contributed by atoms with Crippen LogP contribution in [-0.4, -0.2) is 21.3 Å². The number of carbonyl (C=O) groups excluding carboxylic acids is 1. The van der Waals surface area contributed by atoms with Gasteiger partial charge in [0.25, 0.3) is 5.91 Å². The molecule has 4 nitrogen and oxygen atoms in total. The first kappa shape index (κ1) is 16.3. The molecule has 2 rings (SSSR count). The van der Waals surface area contributed by atoms with Gasteiger partial charge in [0.05, 0.1) is 11.3 Å². The van der Waals surface area contributed by atoms with Gasteiger partial charge in [0.15, 0.2) is 0 Å². The van der Waals surface area contributed by atoms with Gasteiger partial charge in [-0.3, -0.25) is 9.20 Å². The zero-order chi connectivity index (χ0) is 16.5. The average molecular weight is 313 g/mol. The van der Waals surface area contributed by atoms with Crippen LogP contribution in [0.5, 0.6) is 0 Å². The van der Waals surface area contributed by atoms with Crippen molar-refractivity contribution >= 4 is 11.6 Å². The molecule has 1 N–H and O–H groups in total. The summed E-state index contributed by atoms with van der Waals surface area (Å²) in [5.41, 5.74) is 0.223. The third-order valence-corrected chi connectivity index (χ3v) is 3.14. The van der Waals surface area contributed by atoms with Gasteiger partial charge >= 0.3 is 6.18 Å². The zero-order valence-electron chi connectivity index (χ0n) is 12.7. The lowest BCUT2D eigenvalue weighted by atomic mass is 10.2. The fourth-order valence-corrected chi connectivity index (χ4v) is 2.24. The number of amides is 1. The number of fused-ring (bicyclic) bond motifs is 1. The van der Waals surface area contributed by atoms with Gasteiger partial charge < -0.3 is 5.32 Å². The van der Waals surface area contributed by atoms with Crippen LogP contribution in [0.2, 0.25) is 0 Å². The lowest BCUT2D eigenvalue weighted by molar-refractivity contribution is -0.137. The molecule has 2 aromatic heterocycles. The Kier molecular flexibility index (Phi) is 4.44. The highest BCUT2D eigenvalue weighted by molar-refractivity contribution is 5.95. The van der Waals surface area contributed by atoms with E-state index in [4.69, 9.17) is 0 Å². The summed E-state index contributed by atoms with van der Waals surface area (Å²) in [6.45, 7) is 5.51. The number of carbonyl (C=O) groups is 1. The summed E-state index contributed by atoms with van der Waals surface area (Å²) in [7, 11) is 0. The third kappa shape index (κ3) is 3.23. The first-order valence-corrected chi connectivity index (χ1v) is 7.13. The number of aryl methyl sites for hydroxylation is 1. The molecule has 0 aromatic carbocycles. The Balaban J connectivity index is 2.62. The minimum absolute atomic E-state index is 0.113. The van der Waals surface area contributed by atoms with E-state index in [-0.39, 0.29) is 11.7 Å². The highest BCUT2D eigenvalue weighted by Crippen LogP contribution is 2.30. The molecule has 0 aliphatic carbocycles. The molecular formula is C15H18F3N3O. The van der Waals surface area contributed by atoms with Crippen molar-refractivity contribution in [1.82, 2.24) is 14.7 Å². The molecule has 1 amide bonds. The Labute approximate surface area is 126 Å². The number of halogens is 3. The van der Waals surface area contributed by atoms with Crippen LogP contribution < -0.4 is 5.32 Å². The molecule has 0 atom stereocenters. The average Bonchev–Trinajstić information content (AvgIpc) is 2.74. The van der Waals surface area contributed by atoms with Crippen molar-refractivity contribution < 1.29 is 18.0 Å². The fourth-order valence-electron chi connectivity index (χ4n) is 2.24. The molecule has 0 saturated heterocycles. The van der Waals surface area contributed by atoms with Gasteiger partial charge in [0, 0.05) is 12.2 Å². The van der Waals surface area contributed by atoms with Crippen molar-refractivity contribution in [2.75, 3.05) is 0 Å². The summed E-state index contributed by atoms with van der Waals surface area (Å²) in [5.74, 6) is -0.412. The van der Waals surface area contributed by atoms with Gasteiger partial charge in [-0.05, 0) is 32.4 Å². The van der Waals surface area contributed by atoms with E-state index in [0.717, 1.165) is 18.7 Å². The van der Waals surface area contributed by atoms with E-state index in [1.165, 1.54) is 10.5 Å². The fraction of sp³-hybridized carbons (Fsp3) is 0.467. The van der Waals surface area contributed by atoms with E-state index >= 15 is 0 Å². The third-order valence-electron chi connectivity index (χ3n) is 3.14. The summed E-state index contributed by atoms with van der Waals surface area (Å²) in [6, 6.07) is 2.15. The molecule has 0 spiro atoms. The van der Waals surface area contributed by atoms with Crippen LogP contribution in [0.1, 0.15) is 48.9 Å². The first-order chi connectivity index (χ1) is 10.2. The SMILES string of the molecule is CCCc1nc2ccc(C(F)(F)F)cn2c1C(=O)NC(C)C. The molecule has 120 valence electrons. The second-order valence-electron chi connectivity index (χ2n) is 5.43. The number of hydrogen-bond donors (Lipinski definition) is 1. The Morgan fingerprint density at radius 2 is 2.05 bits per heavy atom. The summed E-state index contributed by atoms with van der Waals surface area (Å²) in [5, 5.41) is 2.71. The largest absolute Gasteiger partial charge is 0.417 e. The van der Waals surface area contributed by atoms with Crippen LogP contribution in [0.15, 0.2) is 18.3 Å². The molecule has 0 saturated carbocycles. The molecule has 0 aliphatic rings. The van der Waals surface area contributed by atoms with Gasteiger partial charge in [-0.25, -0.2) is 4.98 Å². The monoisotopic (exact) mass is 313 g/mol. The van der Waals surface area contributed by atoms with Crippen molar-refractivity contribution in [3.8, 4) is 0 Å². The lowest BCUT2D eigenvalue weighted by Crippen LogP contribution is -2.31. The lowest BCUT2D eigenvalue weighted by Gasteiger charge is -2.11. The van der Waals surface area contributed by atoms with E-state index in [0.29, 0.717) is 17.8 Å². The molecule has 0 radical (unpaired) electrons. The number of rotatable bonds is 4. The maximum absolute atomic E-state index is 12.9. The van der Waals surface area contributed by atoms with Crippen molar-refractivity contribution in [2.45, 2.75) is 45.8 Å². The quantitative estimate of drug-likeness (QED) is 0.940. The van der Waals surface area contributed by atoms with E-state index < -0.39 is 17.6 Å². The Morgan fingerprint density at radius 3 is 2.59 bits per heavy atom. The van der Waals surface area contributed by atoms with E-state index in [1.54, 1.807) is 13.8 Å². The minimum atomic E-state index is -4.46. The number of pyridine rings is 1. The van der Waals surface area contributed by atoms with Crippen molar-refractivity contribution in [2.24, 2.45) is 0 Å². The number of imidazole rings is 1. The molecule has 0 bridgehead atoms. The molecule has 0 unspecified atom stereocenters. The Morgan fingerprint density at radius 1 is 1.36 bits per heavy atom. The highest BCUT2D eigenvalue weighted by Gasteiger charge is 2.31. The zero-order valence-corrected chi connectivity index (χ0v) is 12.7. The van der Waals surface area contributed by atoms with Crippen LogP contribution in [0.25, 0.3) is 5.65 Å². The smallest absolute Gasteiger partial charge is 0.349 e. The molecular weight excluding hydrogens is 295 g/mol. The van der Waals surface area contributed by atoms with Gasteiger partial charge in [-0.1, -0.05) is 13.3 Å². The summed E-state index contributed by atoms with van der Waals surface area (Å²) in [6.07, 6.45) is -2.26. The van der Waals surface area contributed by atoms with Crippen molar-refractivity contribution in [1.29, 1.82) is 0 Å². The predicted molar refractivity (Wildman–Crippen MR) is 76.8 cm³/mol. The van der Waals surface area contributed by atoms with Gasteiger partial charge in [0.2, 0.25) is 0 Å². The number of nitrogens with one attached hydrogen (secondary N) is 1. The number of alkyl halides is 3. The second-order valence-corrected chi connectivity index (χ2v) is 5.43. The topological polar surface area (TPSA) is 46.4 Å². The molecule has 22 heavy (non-hydrogen) atoms. The van der Waals surface area contributed by atoms with Crippen LogP contribution in [-0.2, 0) is 12.6 Å². The van der Waals surface area contributed by atoms with Gasteiger partial charge in [0.1, 0.15) is 11.3 Å². The van der Waals surface area contributed by atoms with Gasteiger partial charge in [-0.15, -0.1) is 0 Å². The maximum Gasteiger partial charge on any atom is 0.417 e. The molecule has 2 aromatic rings. The summed E-state index contributed by atoms with van der Waals surface area (Å²) in [4.78, 5) is 16.6. The number of nitrogens with zero attached hydrogens (tertiary/aromatic N) is 2. The van der Waals surface area contributed by atoms with Crippen molar-refractivity contribution in [3.05, 3.63) is 35.3 Å². The minimum Gasteiger partial charge on any atom is -0.349 e. The summed E-state index contributed by atoms with van der Waals surface area (Å²) < 4.78 is 39.9. The second kappa shape index (κ2) is 5.98. The van der Waals surface area contributed by atoms with Crippen LogP contribution in [0, 0.1) is 0 Å². The van der Waals surface area contributed by atoms with E-state index in [1.807, 2.05) is 6.92 Å². The summed E-state index contributed by atoms with van der Waals surface area (Å²) >= 11 is 0. The Bertz CT molecular complexity index is 689. The normalized spacial score (nSPS) is 12.1. The highest BCUT2D eigenvalue weighted by atomic mass is 19.4. The molecule has 0 fully saturated rings. The van der Waals surface area contributed by atoms with Crippen molar-refractivity contribution in [3.63, 3.8) is 0 Å². The van der Waals surface area contributed by atoms with Crippen LogP contribution in [0.4, 0.5) is 13.2 Å².